The smallest absolute Gasteiger partial charge is 0.118 e. The van der Waals surface area contributed by atoms with Gasteiger partial charge in [-0.3, -0.25) is 0 Å². The zero-order valence-electron chi connectivity index (χ0n) is 9.84. The van der Waals surface area contributed by atoms with Crippen LogP contribution in [-0.4, -0.2) is 14.2 Å². The van der Waals surface area contributed by atoms with E-state index in [0.29, 0.717) is 0 Å². The Bertz CT molecular complexity index is 403. The van der Waals surface area contributed by atoms with Crippen molar-refractivity contribution in [3.63, 3.8) is 0 Å². The minimum absolute atomic E-state index is 0. The third-order valence-electron chi connectivity index (χ3n) is 2.51. The summed E-state index contributed by atoms with van der Waals surface area (Å²) in [5.41, 5.74) is 2.34. The summed E-state index contributed by atoms with van der Waals surface area (Å²) in [6, 6.07) is 16.0. The minimum atomic E-state index is 0. The second kappa shape index (κ2) is 6.49. The first-order valence-electron chi connectivity index (χ1n) is 5.12. The molecule has 0 atom stereocenters. The zero-order valence-corrected chi connectivity index (χ0v) is 12.2. The Kier molecular flexibility index (Phi) is 5.28. The van der Waals surface area contributed by atoms with E-state index in [9.17, 15) is 0 Å². The van der Waals surface area contributed by atoms with E-state index in [1.807, 2.05) is 48.5 Å². The molecule has 0 radical (unpaired) electrons. The summed E-state index contributed by atoms with van der Waals surface area (Å²) >= 11 is 0. The predicted molar refractivity (Wildman–Crippen MR) is 80.4 cm³/mol. The lowest BCUT2D eigenvalue weighted by Gasteiger charge is -2.05. The maximum atomic E-state index is 5.12. The van der Waals surface area contributed by atoms with Crippen molar-refractivity contribution >= 4 is 24.0 Å². The van der Waals surface area contributed by atoms with Gasteiger partial charge >= 0.3 is 0 Å². The lowest BCUT2D eigenvalue weighted by Crippen LogP contribution is -1.84. The van der Waals surface area contributed by atoms with Crippen molar-refractivity contribution in [3.8, 4) is 22.6 Å². The highest BCUT2D eigenvalue weighted by molar-refractivity contribution is 14.0. The van der Waals surface area contributed by atoms with Gasteiger partial charge in [-0.25, -0.2) is 0 Å². The average Bonchev–Trinajstić information content (AvgIpc) is 2.39. The summed E-state index contributed by atoms with van der Waals surface area (Å²) in [7, 11) is 3.34. The van der Waals surface area contributed by atoms with Gasteiger partial charge in [0.2, 0.25) is 0 Å². The number of rotatable bonds is 3. The van der Waals surface area contributed by atoms with Gasteiger partial charge in [-0.05, 0) is 35.4 Å². The van der Waals surface area contributed by atoms with Crippen molar-refractivity contribution in [3.05, 3.63) is 48.5 Å². The first-order chi connectivity index (χ1) is 7.83. The molecule has 0 fully saturated rings. The molecule has 0 aliphatic carbocycles. The normalized spacial score (nSPS) is 9.29. The predicted octanol–water partition coefficient (Wildman–Crippen LogP) is 3.99. The Morgan fingerprint density at radius 1 is 0.588 bits per heavy atom. The summed E-state index contributed by atoms with van der Waals surface area (Å²) in [5.74, 6) is 1.74. The van der Waals surface area contributed by atoms with E-state index in [4.69, 9.17) is 9.47 Å². The number of methoxy groups -OCH3 is 2. The molecule has 0 aliphatic heterocycles. The fraction of sp³-hybridized carbons (Fsp3) is 0.143. The van der Waals surface area contributed by atoms with E-state index in [0.717, 1.165) is 11.5 Å². The average molecular weight is 342 g/mol. The van der Waals surface area contributed by atoms with Crippen LogP contribution in [0.1, 0.15) is 0 Å². The molecule has 3 heteroatoms. The van der Waals surface area contributed by atoms with Gasteiger partial charge in [-0.2, -0.15) is 0 Å². The van der Waals surface area contributed by atoms with Crippen LogP contribution in [0.2, 0.25) is 0 Å². The molecule has 0 spiro atoms. The minimum Gasteiger partial charge on any atom is -0.497 e. The van der Waals surface area contributed by atoms with E-state index < -0.39 is 0 Å². The molecule has 0 amide bonds. The quantitative estimate of drug-likeness (QED) is 0.786. The van der Waals surface area contributed by atoms with Gasteiger partial charge in [0.25, 0.3) is 0 Å². The van der Waals surface area contributed by atoms with Gasteiger partial charge in [0.05, 0.1) is 14.2 Å². The summed E-state index contributed by atoms with van der Waals surface area (Å²) in [5, 5.41) is 0. The molecule has 2 nitrogen and oxygen atoms in total. The fourth-order valence-corrected chi connectivity index (χ4v) is 1.57. The maximum absolute atomic E-state index is 5.12. The number of ether oxygens (including phenoxy) is 2. The Morgan fingerprint density at radius 2 is 0.882 bits per heavy atom. The summed E-state index contributed by atoms with van der Waals surface area (Å²) in [6.07, 6.45) is 0. The van der Waals surface area contributed by atoms with Crippen molar-refractivity contribution in [1.29, 1.82) is 0 Å². The van der Waals surface area contributed by atoms with Crippen molar-refractivity contribution in [2.75, 3.05) is 14.2 Å². The van der Waals surface area contributed by atoms with Crippen LogP contribution in [0.4, 0.5) is 0 Å². The summed E-state index contributed by atoms with van der Waals surface area (Å²) < 4.78 is 10.2. The van der Waals surface area contributed by atoms with Crippen molar-refractivity contribution in [2.24, 2.45) is 0 Å². The molecule has 0 saturated heterocycles. The van der Waals surface area contributed by atoms with Gasteiger partial charge in [0, 0.05) is 0 Å². The van der Waals surface area contributed by atoms with Crippen molar-refractivity contribution in [2.45, 2.75) is 0 Å². The van der Waals surface area contributed by atoms with Crippen LogP contribution in [0, 0.1) is 0 Å². The van der Waals surface area contributed by atoms with Gasteiger partial charge in [-0.15, -0.1) is 24.0 Å². The fourth-order valence-electron chi connectivity index (χ4n) is 1.57. The summed E-state index contributed by atoms with van der Waals surface area (Å²) in [6.45, 7) is 0. The summed E-state index contributed by atoms with van der Waals surface area (Å²) in [4.78, 5) is 0. The van der Waals surface area contributed by atoms with Crippen LogP contribution in [0.3, 0.4) is 0 Å². The second-order valence-corrected chi connectivity index (χ2v) is 3.46. The highest BCUT2D eigenvalue weighted by Crippen LogP contribution is 2.24. The van der Waals surface area contributed by atoms with Crippen LogP contribution in [0.5, 0.6) is 11.5 Å². The Morgan fingerprint density at radius 3 is 1.12 bits per heavy atom. The molecule has 0 heterocycles. The molecule has 17 heavy (non-hydrogen) atoms. The topological polar surface area (TPSA) is 18.5 Å². The van der Waals surface area contributed by atoms with Gasteiger partial charge in [-0.1, -0.05) is 24.3 Å². The monoisotopic (exact) mass is 342 g/mol. The molecule has 0 saturated carbocycles. The molecule has 2 aromatic carbocycles. The van der Waals surface area contributed by atoms with Gasteiger partial charge in [0.1, 0.15) is 11.5 Å². The lowest BCUT2D eigenvalue weighted by atomic mass is 10.1. The number of benzene rings is 2. The number of halogens is 1. The molecule has 0 aromatic heterocycles. The zero-order chi connectivity index (χ0) is 11.4. The molecule has 0 unspecified atom stereocenters. The molecule has 90 valence electrons. The molecule has 0 bridgehead atoms. The SMILES string of the molecule is COc1ccc(-c2ccc(OC)cc2)cc1.I. The molecule has 2 rings (SSSR count). The standard InChI is InChI=1S/C14H14O2.HI/c1-15-13-7-3-11(4-8-13)12-5-9-14(16-2)10-6-12;/h3-10H,1-2H3;1H. The van der Waals surface area contributed by atoms with Crippen molar-refractivity contribution < 1.29 is 9.47 Å². The molecule has 2 aromatic rings. The van der Waals surface area contributed by atoms with Crippen LogP contribution in [-0.2, 0) is 0 Å². The Hall–Kier alpha value is -1.23. The molecule has 0 N–H and O–H groups in total. The third-order valence-corrected chi connectivity index (χ3v) is 2.51. The first kappa shape index (κ1) is 13.8. The van der Waals surface area contributed by atoms with E-state index >= 15 is 0 Å². The molecular formula is C14H15IO2. The second-order valence-electron chi connectivity index (χ2n) is 3.46. The van der Waals surface area contributed by atoms with E-state index in [2.05, 4.69) is 0 Å². The number of hydrogen-bond donors (Lipinski definition) is 0. The van der Waals surface area contributed by atoms with Crippen molar-refractivity contribution in [1.82, 2.24) is 0 Å². The third kappa shape index (κ3) is 3.36. The van der Waals surface area contributed by atoms with Gasteiger partial charge < -0.3 is 9.47 Å². The number of hydrogen-bond acceptors (Lipinski definition) is 2. The Balaban J connectivity index is 0.00000144. The highest BCUT2D eigenvalue weighted by Gasteiger charge is 1.98. The molecular weight excluding hydrogens is 327 g/mol. The van der Waals surface area contributed by atoms with E-state index in [-0.39, 0.29) is 24.0 Å². The first-order valence-corrected chi connectivity index (χ1v) is 5.12. The van der Waals surface area contributed by atoms with Crippen LogP contribution in [0.15, 0.2) is 48.5 Å². The van der Waals surface area contributed by atoms with E-state index in [1.54, 1.807) is 14.2 Å². The Labute approximate surface area is 119 Å². The van der Waals surface area contributed by atoms with E-state index in [1.165, 1.54) is 11.1 Å². The van der Waals surface area contributed by atoms with Crippen LogP contribution in [0.25, 0.3) is 11.1 Å². The highest BCUT2D eigenvalue weighted by atomic mass is 127. The van der Waals surface area contributed by atoms with Crippen LogP contribution < -0.4 is 9.47 Å². The van der Waals surface area contributed by atoms with Crippen LogP contribution >= 0.6 is 24.0 Å². The van der Waals surface area contributed by atoms with Gasteiger partial charge in [0.15, 0.2) is 0 Å². The molecule has 0 aliphatic rings. The largest absolute Gasteiger partial charge is 0.497 e. The lowest BCUT2D eigenvalue weighted by molar-refractivity contribution is 0.414. The maximum Gasteiger partial charge on any atom is 0.118 e.